The number of rotatable bonds is 20. The van der Waals surface area contributed by atoms with Gasteiger partial charge in [-0.15, -0.1) is 0 Å². The SMILES string of the molecule is CCCCCCCCCCCC(CC(O)(CC(=O)O)C(C)CCCC)O[C@@H]1CCCCO1. The molecule has 0 radical (unpaired) electrons. The summed E-state index contributed by atoms with van der Waals surface area (Å²) in [7, 11) is 0. The number of carboxylic acid groups (broad SMARTS) is 1. The summed E-state index contributed by atoms with van der Waals surface area (Å²) in [6.45, 7) is 7.09. The number of unbranched alkanes of at least 4 members (excludes halogenated alkanes) is 9. The maximum absolute atomic E-state index is 11.6. The van der Waals surface area contributed by atoms with Crippen molar-refractivity contribution in [1.29, 1.82) is 0 Å². The first-order chi connectivity index (χ1) is 15.4. The smallest absolute Gasteiger partial charge is 0.306 e. The van der Waals surface area contributed by atoms with Gasteiger partial charge in [0, 0.05) is 13.0 Å². The third kappa shape index (κ3) is 13.2. The van der Waals surface area contributed by atoms with E-state index in [1.165, 1.54) is 51.4 Å². The van der Waals surface area contributed by atoms with Gasteiger partial charge in [-0.2, -0.15) is 0 Å². The molecule has 1 aliphatic heterocycles. The number of hydrogen-bond acceptors (Lipinski definition) is 4. The van der Waals surface area contributed by atoms with Gasteiger partial charge in [0.05, 0.1) is 18.1 Å². The number of carbonyl (C=O) groups is 1. The fraction of sp³-hybridized carbons (Fsp3) is 0.963. The van der Waals surface area contributed by atoms with E-state index in [-0.39, 0.29) is 24.7 Å². The van der Waals surface area contributed by atoms with Crippen LogP contribution in [-0.2, 0) is 14.3 Å². The fourth-order valence-electron chi connectivity index (χ4n) is 4.82. The highest BCUT2D eigenvalue weighted by Gasteiger charge is 2.39. The van der Waals surface area contributed by atoms with Crippen LogP contribution in [0.3, 0.4) is 0 Å². The Morgan fingerprint density at radius 3 is 2.16 bits per heavy atom. The zero-order valence-corrected chi connectivity index (χ0v) is 21.3. The molecule has 0 saturated carbocycles. The monoisotopic (exact) mass is 456 g/mol. The van der Waals surface area contributed by atoms with Crippen LogP contribution in [0.1, 0.15) is 136 Å². The second-order valence-electron chi connectivity index (χ2n) is 10.1. The van der Waals surface area contributed by atoms with E-state index in [1.54, 1.807) is 0 Å². The Hall–Kier alpha value is -0.650. The Balaban J connectivity index is 2.60. The van der Waals surface area contributed by atoms with Crippen LogP contribution in [0.5, 0.6) is 0 Å². The van der Waals surface area contributed by atoms with Gasteiger partial charge in [-0.05, 0) is 38.0 Å². The van der Waals surface area contributed by atoms with E-state index in [9.17, 15) is 15.0 Å². The average molecular weight is 457 g/mol. The number of ether oxygens (including phenoxy) is 2. The van der Waals surface area contributed by atoms with Gasteiger partial charge in [-0.25, -0.2) is 0 Å². The molecular formula is C27H52O5. The van der Waals surface area contributed by atoms with Gasteiger partial charge in [0.2, 0.25) is 0 Å². The van der Waals surface area contributed by atoms with E-state index in [2.05, 4.69) is 13.8 Å². The van der Waals surface area contributed by atoms with E-state index >= 15 is 0 Å². The molecule has 3 unspecified atom stereocenters. The summed E-state index contributed by atoms with van der Waals surface area (Å²) < 4.78 is 12.1. The summed E-state index contributed by atoms with van der Waals surface area (Å²) >= 11 is 0. The van der Waals surface area contributed by atoms with Crippen LogP contribution in [0.25, 0.3) is 0 Å². The molecule has 0 aromatic carbocycles. The lowest BCUT2D eigenvalue weighted by Crippen LogP contribution is -2.43. The third-order valence-electron chi connectivity index (χ3n) is 7.06. The van der Waals surface area contributed by atoms with Crippen molar-refractivity contribution in [3.63, 3.8) is 0 Å². The Morgan fingerprint density at radius 1 is 0.969 bits per heavy atom. The van der Waals surface area contributed by atoms with Gasteiger partial charge >= 0.3 is 5.97 Å². The van der Waals surface area contributed by atoms with E-state index in [4.69, 9.17) is 9.47 Å². The van der Waals surface area contributed by atoms with Crippen molar-refractivity contribution in [3.8, 4) is 0 Å². The summed E-state index contributed by atoms with van der Waals surface area (Å²) in [5.74, 6) is -1.01. The van der Waals surface area contributed by atoms with Crippen molar-refractivity contribution in [2.75, 3.05) is 6.61 Å². The molecule has 2 N–H and O–H groups in total. The minimum atomic E-state index is -1.24. The maximum Gasteiger partial charge on any atom is 0.306 e. The summed E-state index contributed by atoms with van der Waals surface area (Å²) in [5, 5.41) is 20.9. The molecule has 0 bridgehead atoms. The van der Waals surface area contributed by atoms with Crippen LogP contribution >= 0.6 is 0 Å². The normalized spacial score (nSPS) is 20.6. The molecular weight excluding hydrogens is 404 g/mol. The molecule has 0 aliphatic carbocycles. The van der Waals surface area contributed by atoms with Gasteiger partial charge in [0.25, 0.3) is 0 Å². The van der Waals surface area contributed by atoms with Crippen molar-refractivity contribution in [2.24, 2.45) is 5.92 Å². The molecule has 0 aromatic rings. The molecule has 0 spiro atoms. The summed E-state index contributed by atoms with van der Waals surface area (Å²) in [6.07, 6.45) is 18.0. The van der Waals surface area contributed by atoms with Crippen LogP contribution in [0.2, 0.25) is 0 Å². The highest BCUT2D eigenvalue weighted by molar-refractivity contribution is 5.68. The predicted octanol–water partition coefficient (Wildman–Crippen LogP) is 7.24. The second-order valence-corrected chi connectivity index (χ2v) is 10.1. The molecule has 4 atom stereocenters. The number of carboxylic acids is 1. The van der Waals surface area contributed by atoms with E-state index in [1.807, 2.05) is 6.92 Å². The number of aliphatic carboxylic acids is 1. The molecule has 5 nitrogen and oxygen atoms in total. The van der Waals surface area contributed by atoms with Crippen molar-refractivity contribution in [1.82, 2.24) is 0 Å². The molecule has 0 aromatic heterocycles. The highest BCUT2D eigenvalue weighted by Crippen LogP contribution is 2.34. The average Bonchev–Trinajstić information content (AvgIpc) is 2.76. The first-order valence-electron chi connectivity index (χ1n) is 13.6. The summed E-state index contributed by atoms with van der Waals surface area (Å²) in [4.78, 5) is 11.6. The molecule has 0 amide bonds. The minimum absolute atomic E-state index is 0.0694. The maximum atomic E-state index is 11.6. The summed E-state index contributed by atoms with van der Waals surface area (Å²) in [6, 6.07) is 0. The second kappa shape index (κ2) is 17.8. The van der Waals surface area contributed by atoms with Gasteiger partial charge in [0.15, 0.2) is 6.29 Å². The Labute approximate surface area is 197 Å². The minimum Gasteiger partial charge on any atom is -0.481 e. The quantitative estimate of drug-likeness (QED) is 0.189. The number of hydrogen-bond donors (Lipinski definition) is 2. The van der Waals surface area contributed by atoms with Crippen molar-refractivity contribution in [3.05, 3.63) is 0 Å². The first-order valence-corrected chi connectivity index (χ1v) is 13.6. The Kier molecular flexibility index (Phi) is 16.3. The molecule has 1 rings (SSSR count). The summed E-state index contributed by atoms with van der Waals surface area (Å²) in [5.41, 5.74) is -1.24. The molecule has 1 fully saturated rings. The zero-order valence-electron chi connectivity index (χ0n) is 21.3. The molecule has 190 valence electrons. The predicted molar refractivity (Wildman–Crippen MR) is 131 cm³/mol. The van der Waals surface area contributed by atoms with Gasteiger partial charge in [0.1, 0.15) is 0 Å². The van der Waals surface area contributed by atoms with Crippen molar-refractivity contribution < 1.29 is 24.5 Å². The Morgan fingerprint density at radius 2 is 1.59 bits per heavy atom. The van der Waals surface area contributed by atoms with Gasteiger partial charge in [-0.3, -0.25) is 4.79 Å². The van der Waals surface area contributed by atoms with Crippen LogP contribution < -0.4 is 0 Å². The zero-order chi connectivity index (χ0) is 23.7. The van der Waals surface area contributed by atoms with E-state index in [0.29, 0.717) is 6.42 Å². The van der Waals surface area contributed by atoms with Crippen molar-refractivity contribution in [2.45, 2.75) is 154 Å². The van der Waals surface area contributed by atoms with Crippen LogP contribution in [0.15, 0.2) is 0 Å². The lowest BCUT2D eigenvalue weighted by molar-refractivity contribution is -0.203. The first kappa shape index (κ1) is 29.4. The van der Waals surface area contributed by atoms with Gasteiger partial charge in [-0.1, -0.05) is 91.4 Å². The topological polar surface area (TPSA) is 76.0 Å². The number of aliphatic hydroxyl groups is 1. The van der Waals surface area contributed by atoms with Crippen LogP contribution in [0.4, 0.5) is 0 Å². The largest absolute Gasteiger partial charge is 0.481 e. The van der Waals surface area contributed by atoms with Gasteiger partial charge < -0.3 is 19.7 Å². The molecule has 32 heavy (non-hydrogen) atoms. The van der Waals surface area contributed by atoms with Crippen LogP contribution in [-0.4, -0.2) is 40.8 Å². The van der Waals surface area contributed by atoms with E-state index < -0.39 is 11.6 Å². The lowest BCUT2D eigenvalue weighted by Gasteiger charge is -2.37. The van der Waals surface area contributed by atoms with Crippen LogP contribution in [0, 0.1) is 5.92 Å². The molecule has 1 heterocycles. The van der Waals surface area contributed by atoms with E-state index in [0.717, 1.165) is 58.0 Å². The molecule has 1 saturated heterocycles. The standard InChI is InChI=1S/C27H52O5/c1-4-6-8-9-10-11-12-13-14-18-24(32-26-19-15-16-20-31-26)21-27(30,22-25(28)29)23(3)17-7-5-2/h23-24,26,30H,4-22H2,1-3H3,(H,28,29)/t23?,24?,26-,27?/m1/s1. The third-order valence-corrected chi connectivity index (χ3v) is 7.06. The lowest BCUT2D eigenvalue weighted by atomic mass is 9.78. The molecule has 1 aliphatic rings. The van der Waals surface area contributed by atoms with Crippen molar-refractivity contribution >= 4 is 5.97 Å². The molecule has 5 heteroatoms. The highest BCUT2D eigenvalue weighted by atomic mass is 16.7. The fourth-order valence-corrected chi connectivity index (χ4v) is 4.82. The Bertz CT molecular complexity index is 463.